The van der Waals surface area contributed by atoms with Crippen LogP contribution < -0.4 is 5.73 Å². The highest BCUT2D eigenvalue weighted by Crippen LogP contribution is 2.25. The van der Waals surface area contributed by atoms with Gasteiger partial charge in [-0.3, -0.25) is 0 Å². The average Bonchev–Trinajstić information content (AvgIpc) is 2.33. The molecule has 0 spiro atoms. The number of hydrogen-bond donors (Lipinski definition) is 1. The molecule has 19 heavy (non-hydrogen) atoms. The lowest BCUT2D eigenvalue weighted by Gasteiger charge is -2.26. The highest BCUT2D eigenvalue weighted by Gasteiger charge is 2.19. The van der Waals surface area contributed by atoms with Crippen LogP contribution in [0.5, 0.6) is 0 Å². The van der Waals surface area contributed by atoms with E-state index in [1.54, 1.807) is 6.07 Å². The van der Waals surface area contributed by atoms with E-state index in [-0.39, 0.29) is 6.04 Å². The summed E-state index contributed by atoms with van der Waals surface area (Å²) in [5.41, 5.74) is 7.07. The van der Waals surface area contributed by atoms with Gasteiger partial charge in [-0.15, -0.1) is 0 Å². The highest BCUT2D eigenvalue weighted by atomic mass is 19.2. The van der Waals surface area contributed by atoms with Gasteiger partial charge in [-0.2, -0.15) is 0 Å². The molecule has 1 nitrogen and oxygen atoms in total. The first-order valence-corrected chi connectivity index (χ1v) is 7.36. The second-order valence-corrected chi connectivity index (χ2v) is 5.72. The van der Waals surface area contributed by atoms with Crippen molar-refractivity contribution in [1.82, 2.24) is 0 Å². The van der Waals surface area contributed by atoms with Crippen LogP contribution in [0.25, 0.3) is 0 Å². The van der Waals surface area contributed by atoms with Crippen molar-refractivity contribution < 1.29 is 8.78 Å². The molecule has 0 saturated heterocycles. The fraction of sp³-hybridized carbons (Fsp3) is 0.625. The van der Waals surface area contributed by atoms with Crippen LogP contribution in [0.1, 0.15) is 50.5 Å². The Kier molecular flexibility index (Phi) is 5.32. The SMILES string of the molecule is NC(Cc1ccc(F)c(F)c1)C1CCCCCCC1. The van der Waals surface area contributed by atoms with Gasteiger partial charge in [-0.05, 0) is 42.9 Å². The molecule has 2 N–H and O–H groups in total. The monoisotopic (exact) mass is 267 g/mol. The maximum Gasteiger partial charge on any atom is 0.159 e. The van der Waals surface area contributed by atoms with Gasteiger partial charge in [0.05, 0.1) is 0 Å². The molecule has 3 heteroatoms. The summed E-state index contributed by atoms with van der Waals surface area (Å²) in [7, 11) is 0. The molecule has 1 fully saturated rings. The van der Waals surface area contributed by atoms with E-state index >= 15 is 0 Å². The van der Waals surface area contributed by atoms with Gasteiger partial charge in [0.2, 0.25) is 0 Å². The molecule has 106 valence electrons. The summed E-state index contributed by atoms with van der Waals surface area (Å²) in [5, 5.41) is 0. The Balaban J connectivity index is 1.94. The van der Waals surface area contributed by atoms with Gasteiger partial charge >= 0.3 is 0 Å². The summed E-state index contributed by atoms with van der Waals surface area (Å²) < 4.78 is 26.1. The highest BCUT2D eigenvalue weighted by molar-refractivity contribution is 5.19. The molecular weight excluding hydrogens is 244 g/mol. The molecule has 0 bridgehead atoms. The Bertz CT molecular complexity index is 398. The van der Waals surface area contributed by atoms with Gasteiger partial charge < -0.3 is 5.73 Å². The normalized spacial score (nSPS) is 19.7. The summed E-state index contributed by atoms with van der Waals surface area (Å²) in [6, 6.07) is 4.16. The second kappa shape index (κ2) is 6.99. The van der Waals surface area contributed by atoms with Crippen LogP contribution in [0, 0.1) is 17.6 Å². The number of hydrogen-bond acceptors (Lipinski definition) is 1. The van der Waals surface area contributed by atoms with E-state index in [2.05, 4.69) is 0 Å². The van der Waals surface area contributed by atoms with Crippen LogP contribution in [-0.4, -0.2) is 6.04 Å². The van der Waals surface area contributed by atoms with Crippen molar-refractivity contribution in [1.29, 1.82) is 0 Å². The molecule has 1 saturated carbocycles. The number of benzene rings is 1. The molecule has 1 atom stereocenters. The van der Waals surface area contributed by atoms with Crippen LogP contribution in [0.15, 0.2) is 18.2 Å². The Morgan fingerprint density at radius 3 is 2.26 bits per heavy atom. The predicted octanol–water partition coefficient (Wildman–Crippen LogP) is 4.20. The van der Waals surface area contributed by atoms with Gasteiger partial charge in [-0.25, -0.2) is 8.78 Å². The first kappa shape index (κ1) is 14.4. The predicted molar refractivity (Wildman–Crippen MR) is 73.8 cm³/mol. The van der Waals surface area contributed by atoms with Crippen LogP contribution in [0.4, 0.5) is 8.78 Å². The van der Waals surface area contributed by atoms with Gasteiger partial charge in [-0.1, -0.05) is 38.2 Å². The van der Waals surface area contributed by atoms with E-state index < -0.39 is 11.6 Å². The Labute approximate surface area is 114 Å². The molecule has 2 rings (SSSR count). The van der Waals surface area contributed by atoms with Crippen LogP contribution in [-0.2, 0) is 6.42 Å². The van der Waals surface area contributed by atoms with Crippen molar-refractivity contribution in [2.75, 3.05) is 0 Å². The zero-order chi connectivity index (χ0) is 13.7. The molecule has 1 aliphatic carbocycles. The minimum absolute atomic E-state index is 0.0583. The van der Waals surface area contributed by atoms with Crippen LogP contribution in [0.2, 0.25) is 0 Å². The third-order valence-corrected chi connectivity index (χ3v) is 4.21. The van der Waals surface area contributed by atoms with Crippen molar-refractivity contribution >= 4 is 0 Å². The minimum Gasteiger partial charge on any atom is -0.327 e. The van der Waals surface area contributed by atoms with Crippen molar-refractivity contribution in [2.45, 2.75) is 57.4 Å². The maximum atomic E-state index is 13.2. The number of rotatable bonds is 3. The molecule has 0 aromatic heterocycles. The first-order chi connectivity index (χ1) is 9.16. The summed E-state index contributed by atoms with van der Waals surface area (Å²) in [6.07, 6.45) is 9.41. The van der Waals surface area contributed by atoms with E-state index in [1.165, 1.54) is 57.1 Å². The third-order valence-electron chi connectivity index (χ3n) is 4.21. The van der Waals surface area contributed by atoms with E-state index in [0.29, 0.717) is 12.3 Å². The van der Waals surface area contributed by atoms with Gasteiger partial charge in [0.1, 0.15) is 0 Å². The third kappa shape index (κ3) is 4.27. The Morgan fingerprint density at radius 2 is 1.63 bits per heavy atom. The molecule has 1 aliphatic rings. The first-order valence-electron chi connectivity index (χ1n) is 7.36. The summed E-state index contributed by atoms with van der Waals surface area (Å²) in [6.45, 7) is 0. The lowest BCUT2D eigenvalue weighted by Crippen LogP contribution is -2.32. The Hall–Kier alpha value is -0.960. The summed E-state index contributed by atoms with van der Waals surface area (Å²) in [4.78, 5) is 0. The fourth-order valence-corrected chi connectivity index (χ4v) is 3.02. The lowest BCUT2D eigenvalue weighted by molar-refractivity contribution is 0.321. The molecule has 1 unspecified atom stereocenters. The summed E-state index contributed by atoms with van der Waals surface area (Å²) >= 11 is 0. The molecule has 0 radical (unpaired) electrons. The van der Waals surface area contributed by atoms with Gasteiger partial charge in [0, 0.05) is 6.04 Å². The standard InChI is InChI=1S/C16H23F2N/c17-14-9-8-12(10-15(14)18)11-16(19)13-6-4-2-1-3-5-7-13/h8-10,13,16H,1-7,11,19H2. The van der Waals surface area contributed by atoms with Crippen molar-refractivity contribution in [3.63, 3.8) is 0 Å². The average molecular weight is 267 g/mol. The van der Waals surface area contributed by atoms with E-state index in [4.69, 9.17) is 5.73 Å². The van der Waals surface area contributed by atoms with E-state index in [1.807, 2.05) is 0 Å². The zero-order valence-electron chi connectivity index (χ0n) is 11.4. The minimum atomic E-state index is -0.789. The van der Waals surface area contributed by atoms with Crippen LogP contribution in [0.3, 0.4) is 0 Å². The van der Waals surface area contributed by atoms with E-state index in [9.17, 15) is 8.78 Å². The van der Waals surface area contributed by atoms with Gasteiger partial charge in [0.15, 0.2) is 11.6 Å². The molecule has 1 aromatic rings. The molecule has 1 aromatic carbocycles. The smallest absolute Gasteiger partial charge is 0.159 e. The molecule has 0 heterocycles. The molecule has 0 amide bonds. The summed E-state index contributed by atoms with van der Waals surface area (Å²) in [5.74, 6) is -1.04. The van der Waals surface area contributed by atoms with Crippen molar-refractivity contribution in [2.24, 2.45) is 11.7 Å². The number of halogens is 2. The largest absolute Gasteiger partial charge is 0.327 e. The Morgan fingerprint density at radius 1 is 1.00 bits per heavy atom. The van der Waals surface area contributed by atoms with Gasteiger partial charge in [0.25, 0.3) is 0 Å². The molecular formula is C16H23F2N. The van der Waals surface area contributed by atoms with Crippen LogP contribution >= 0.6 is 0 Å². The number of nitrogens with two attached hydrogens (primary N) is 1. The fourth-order valence-electron chi connectivity index (χ4n) is 3.02. The maximum absolute atomic E-state index is 13.2. The topological polar surface area (TPSA) is 26.0 Å². The zero-order valence-corrected chi connectivity index (χ0v) is 11.4. The van der Waals surface area contributed by atoms with Crippen molar-refractivity contribution in [3.8, 4) is 0 Å². The second-order valence-electron chi connectivity index (χ2n) is 5.72. The molecule has 0 aliphatic heterocycles. The quantitative estimate of drug-likeness (QED) is 0.873. The van der Waals surface area contributed by atoms with E-state index in [0.717, 1.165) is 5.56 Å². The van der Waals surface area contributed by atoms with Crippen molar-refractivity contribution in [3.05, 3.63) is 35.4 Å². The lowest BCUT2D eigenvalue weighted by atomic mass is 9.84.